The van der Waals surface area contributed by atoms with Crippen molar-refractivity contribution in [3.8, 4) is 11.5 Å². The number of aryl methyl sites for hydroxylation is 3. The predicted molar refractivity (Wildman–Crippen MR) is 164 cm³/mol. The second kappa shape index (κ2) is 12.2. The predicted octanol–water partition coefficient (Wildman–Crippen LogP) is 7.71. The second-order valence-electron chi connectivity index (χ2n) is 10.8. The highest BCUT2D eigenvalue weighted by atomic mass is 31.1. The second-order valence-corrected chi connectivity index (χ2v) is 12.8. The summed E-state index contributed by atoms with van der Waals surface area (Å²) in [5.74, 6) is 1.30. The van der Waals surface area contributed by atoms with Gasteiger partial charge in [-0.1, -0.05) is 114 Å². The Hall–Kier alpha value is -3.09. The van der Waals surface area contributed by atoms with E-state index >= 15 is 0 Å². The van der Waals surface area contributed by atoms with E-state index in [1.807, 2.05) is 30.3 Å². The molecule has 4 aromatic carbocycles. The Kier molecular flexibility index (Phi) is 8.95. The number of rotatable bonds is 9. The van der Waals surface area contributed by atoms with E-state index in [2.05, 4.69) is 96.1 Å². The van der Waals surface area contributed by atoms with Crippen LogP contribution in [0.3, 0.4) is 0 Å². The Morgan fingerprint density at radius 3 is 1.66 bits per heavy atom. The topological polar surface area (TPSA) is 29.5 Å². The Morgan fingerprint density at radius 1 is 0.632 bits per heavy atom. The summed E-state index contributed by atoms with van der Waals surface area (Å²) < 4.78 is 6.32. The molecule has 0 amide bonds. The van der Waals surface area contributed by atoms with Gasteiger partial charge in [-0.25, -0.2) is 0 Å². The van der Waals surface area contributed by atoms with Crippen LogP contribution in [0.15, 0.2) is 84.9 Å². The first-order valence-corrected chi connectivity index (χ1v) is 15.2. The molecule has 3 heteroatoms. The fraction of sp³-hybridized carbons (Fsp3) is 0.314. The fourth-order valence-electron chi connectivity index (χ4n) is 5.18. The summed E-state index contributed by atoms with van der Waals surface area (Å²) in [6, 6.07) is 29.7. The first-order chi connectivity index (χ1) is 18.3. The van der Waals surface area contributed by atoms with Gasteiger partial charge in [-0.15, -0.1) is 0 Å². The highest BCUT2D eigenvalue weighted by molar-refractivity contribution is 7.80. The largest absolute Gasteiger partial charge is 0.507 e. The summed E-state index contributed by atoms with van der Waals surface area (Å²) in [6.45, 7) is 13.7. The molecule has 0 heterocycles. The standard InChI is InChI=1S/C35H41O2P/c1-7-25-16-13-17-26(8-2)33(25)38(31-23-15-22-30(32(31)36)35(4,5)6)34-27(9-3)18-14-19-28(34)24-37-29-20-11-10-12-21-29/h10-23,36H,7-9,24H2,1-6H3. The number of phenolic OH excluding ortho intramolecular Hbond substituents is 1. The summed E-state index contributed by atoms with van der Waals surface area (Å²) in [4.78, 5) is 0. The molecule has 0 aliphatic carbocycles. The molecule has 0 fully saturated rings. The number of aromatic hydroxyl groups is 1. The monoisotopic (exact) mass is 524 g/mol. The van der Waals surface area contributed by atoms with Crippen molar-refractivity contribution in [3.05, 3.63) is 113 Å². The van der Waals surface area contributed by atoms with E-state index in [-0.39, 0.29) is 5.41 Å². The zero-order valence-electron chi connectivity index (χ0n) is 23.7. The summed E-state index contributed by atoms with van der Waals surface area (Å²) in [7, 11) is -1.04. The Balaban J connectivity index is 2.02. The van der Waals surface area contributed by atoms with Gasteiger partial charge in [0.25, 0.3) is 0 Å². The van der Waals surface area contributed by atoms with Gasteiger partial charge in [0, 0.05) is 5.30 Å². The van der Waals surface area contributed by atoms with Crippen molar-refractivity contribution >= 4 is 23.8 Å². The molecular weight excluding hydrogens is 483 g/mol. The Morgan fingerprint density at radius 2 is 1.13 bits per heavy atom. The summed E-state index contributed by atoms with van der Waals surface area (Å²) in [5, 5.41) is 15.6. The minimum atomic E-state index is -1.04. The van der Waals surface area contributed by atoms with Gasteiger partial charge in [0.2, 0.25) is 0 Å². The Labute approximate surface area is 230 Å². The number of hydrogen-bond acceptors (Lipinski definition) is 2. The van der Waals surface area contributed by atoms with Crippen molar-refractivity contribution in [2.24, 2.45) is 0 Å². The molecule has 0 saturated heterocycles. The van der Waals surface area contributed by atoms with E-state index < -0.39 is 7.92 Å². The van der Waals surface area contributed by atoms with Gasteiger partial charge in [-0.3, -0.25) is 0 Å². The molecule has 38 heavy (non-hydrogen) atoms. The lowest BCUT2D eigenvalue weighted by Gasteiger charge is -2.31. The van der Waals surface area contributed by atoms with Gasteiger partial charge in [-0.2, -0.15) is 0 Å². The third kappa shape index (κ3) is 5.82. The molecule has 1 N–H and O–H groups in total. The van der Waals surface area contributed by atoms with Crippen LogP contribution in [0.4, 0.5) is 0 Å². The van der Waals surface area contributed by atoms with Crippen molar-refractivity contribution < 1.29 is 9.84 Å². The Bertz CT molecular complexity index is 1350. The van der Waals surface area contributed by atoms with Crippen molar-refractivity contribution in [1.82, 2.24) is 0 Å². The lowest BCUT2D eigenvalue weighted by atomic mass is 9.86. The molecule has 0 bridgehead atoms. The zero-order chi connectivity index (χ0) is 27.3. The van der Waals surface area contributed by atoms with Gasteiger partial charge in [0.1, 0.15) is 18.1 Å². The molecule has 4 aromatic rings. The first-order valence-electron chi connectivity index (χ1n) is 13.8. The molecule has 2 nitrogen and oxygen atoms in total. The molecule has 0 aromatic heterocycles. The number of para-hydroxylation sites is 2. The third-order valence-electron chi connectivity index (χ3n) is 7.20. The van der Waals surface area contributed by atoms with Crippen LogP contribution in [0.25, 0.3) is 0 Å². The molecule has 0 aliphatic heterocycles. The van der Waals surface area contributed by atoms with Gasteiger partial charge < -0.3 is 9.84 Å². The smallest absolute Gasteiger partial charge is 0.127 e. The quantitative estimate of drug-likeness (QED) is 0.227. The SMILES string of the molecule is CCc1cccc(CC)c1P(c1cccc(C(C)(C)C)c1O)c1c(CC)cccc1COc1ccccc1. The average molecular weight is 525 g/mol. The molecule has 0 saturated carbocycles. The molecule has 0 spiro atoms. The summed E-state index contributed by atoms with van der Waals surface area (Å²) in [6.07, 6.45) is 2.82. The maximum Gasteiger partial charge on any atom is 0.127 e. The molecule has 1 atom stereocenters. The van der Waals surface area contributed by atoms with E-state index in [1.165, 1.54) is 32.9 Å². The average Bonchev–Trinajstić information content (AvgIpc) is 2.93. The lowest BCUT2D eigenvalue weighted by Crippen LogP contribution is -2.31. The molecule has 0 aliphatic rings. The van der Waals surface area contributed by atoms with Crippen LogP contribution in [-0.4, -0.2) is 5.11 Å². The van der Waals surface area contributed by atoms with Crippen molar-refractivity contribution in [1.29, 1.82) is 0 Å². The van der Waals surface area contributed by atoms with E-state index in [0.29, 0.717) is 12.4 Å². The summed E-state index contributed by atoms with van der Waals surface area (Å²) in [5.41, 5.74) is 6.05. The molecule has 1 unspecified atom stereocenters. The molecule has 198 valence electrons. The maximum atomic E-state index is 11.9. The van der Waals surface area contributed by atoms with Crippen molar-refractivity contribution in [2.75, 3.05) is 0 Å². The summed E-state index contributed by atoms with van der Waals surface area (Å²) >= 11 is 0. The first kappa shape index (κ1) is 27.9. The number of ether oxygens (including phenoxy) is 1. The van der Waals surface area contributed by atoms with Crippen LogP contribution in [0.2, 0.25) is 0 Å². The van der Waals surface area contributed by atoms with E-state index in [4.69, 9.17) is 4.74 Å². The van der Waals surface area contributed by atoms with Gasteiger partial charge in [0.05, 0.1) is 0 Å². The van der Waals surface area contributed by atoms with Crippen molar-refractivity contribution in [3.63, 3.8) is 0 Å². The van der Waals surface area contributed by atoms with Crippen LogP contribution >= 0.6 is 7.92 Å². The normalized spacial score (nSPS) is 12.4. The molecule has 0 radical (unpaired) electrons. The van der Waals surface area contributed by atoms with Crippen LogP contribution < -0.4 is 20.7 Å². The third-order valence-corrected chi connectivity index (χ3v) is 10.1. The number of benzene rings is 4. The van der Waals surface area contributed by atoms with E-state index in [1.54, 1.807) is 0 Å². The maximum absolute atomic E-state index is 11.9. The van der Waals surface area contributed by atoms with Crippen LogP contribution in [0, 0.1) is 0 Å². The minimum absolute atomic E-state index is 0.164. The van der Waals surface area contributed by atoms with Crippen LogP contribution in [-0.2, 0) is 31.3 Å². The van der Waals surface area contributed by atoms with Gasteiger partial charge >= 0.3 is 0 Å². The van der Waals surface area contributed by atoms with E-state index in [9.17, 15) is 5.11 Å². The van der Waals surface area contributed by atoms with Gasteiger partial charge in [-0.05, 0) is 83.2 Å². The van der Waals surface area contributed by atoms with Gasteiger partial charge in [0.15, 0.2) is 0 Å². The molecular formula is C35H41O2P. The van der Waals surface area contributed by atoms with Crippen molar-refractivity contribution in [2.45, 2.75) is 72.8 Å². The lowest BCUT2D eigenvalue weighted by molar-refractivity contribution is 0.307. The zero-order valence-corrected chi connectivity index (χ0v) is 24.6. The fourth-order valence-corrected chi connectivity index (χ4v) is 8.44. The highest BCUT2D eigenvalue weighted by Crippen LogP contribution is 2.44. The molecule has 4 rings (SSSR count). The number of hydrogen-bond donors (Lipinski definition) is 1. The van der Waals surface area contributed by atoms with E-state index in [0.717, 1.165) is 35.9 Å². The van der Waals surface area contributed by atoms with Crippen LogP contribution in [0.5, 0.6) is 11.5 Å². The minimum Gasteiger partial charge on any atom is -0.507 e. The highest BCUT2D eigenvalue weighted by Gasteiger charge is 2.30. The number of phenols is 1. The van der Waals surface area contributed by atoms with Crippen LogP contribution in [0.1, 0.15) is 69.4 Å².